The molecule has 5 rings (SSSR count). The van der Waals surface area contributed by atoms with Gasteiger partial charge in [0.1, 0.15) is 12.2 Å². The molecule has 196 valence electrons. The molecule has 0 spiro atoms. The van der Waals surface area contributed by atoms with Gasteiger partial charge in [0, 0.05) is 11.8 Å². The Morgan fingerprint density at radius 3 is 2.50 bits per heavy atom. The maximum atomic E-state index is 13.4. The van der Waals surface area contributed by atoms with Crippen LogP contribution in [0.5, 0.6) is 0 Å². The van der Waals surface area contributed by atoms with Crippen molar-refractivity contribution >= 4 is 21.7 Å². The Hall–Kier alpha value is -1.87. The fraction of sp³-hybridized carbons (Fsp3) is 0.643. The lowest BCUT2D eigenvalue weighted by Crippen LogP contribution is -2.62. The molecule has 3 fully saturated rings. The average Bonchev–Trinajstić information content (AvgIpc) is 3.09. The summed E-state index contributed by atoms with van der Waals surface area (Å²) in [6, 6.07) is 6.17. The van der Waals surface area contributed by atoms with Crippen molar-refractivity contribution in [1.29, 1.82) is 0 Å². The number of carbonyl (C=O) groups excluding carboxylic acids is 2. The molecule has 0 bridgehead atoms. The molecule has 3 saturated carbocycles. The molecule has 7 atom stereocenters. The van der Waals surface area contributed by atoms with E-state index < -0.39 is 39.6 Å². The maximum Gasteiger partial charge on any atom is 0.297 e. The molecule has 0 radical (unpaired) electrons. The molecule has 0 aromatic heterocycles. The zero-order valence-electron chi connectivity index (χ0n) is 21.2. The van der Waals surface area contributed by atoms with E-state index in [1.807, 2.05) is 13.8 Å². The largest absolute Gasteiger partial charge is 0.393 e. The van der Waals surface area contributed by atoms with Gasteiger partial charge in [-0.3, -0.25) is 13.8 Å². The van der Waals surface area contributed by atoms with E-state index in [1.165, 1.54) is 12.1 Å². The number of hydrogen-bond donors (Lipinski definition) is 2. The molecule has 1 aromatic rings. The highest BCUT2D eigenvalue weighted by Crippen LogP contribution is 2.67. The molecule has 7 nitrogen and oxygen atoms in total. The first kappa shape index (κ1) is 25.8. The van der Waals surface area contributed by atoms with Crippen molar-refractivity contribution in [3.05, 3.63) is 41.5 Å². The summed E-state index contributed by atoms with van der Waals surface area (Å²) in [5.74, 6) is -0.394. The quantitative estimate of drug-likeness (QED) is 0.575. The van der Waals surface area contributed by atoms with Gasteiger partial charge in [0.2, 0.25) is 0 Å². The van der Waals surface area contributed by atoms with Crippen molar-refractivity contribution in [3.8, 4) is 0 Å². The van der Waals surface area contributed by atoms with Gasteiger partial charge in [-0.2, -0.15) is 8.42 Å². The lowest BCUT2D eigenvalue weighted by atomic mass is 9.45. The molecule has 4 aliphatic rings. The molecule has 1 aromatic carbocycles. The van der Waals surface area contributed by atoms with Crippen LogP contribution < -0.4 is 0 Å². The Balaban J connectivity index is 1.37. The first-order valence-corrected chi connectivity index (χ1v) is 14.4. The second kappa shape index (κ2) is 8.58. The first-order chi connectivity index (χ1) is 16.8. The van der Waals surface area contributed by atoms with Gasteiger partial charge in [-0.25, -0.2) is 0 Å². The Labute approximate surface area is 213 Å². The van der Waals surface area contributed by atoms with Gasteiger partial charge in [-0.15, -0.1) is 0 Å². The second-order valence-electron chi connectivity index (χ2n) is 11.9. The second-order valence-corrected chi connectivity index (χ2v) is 13.5. The number of allylic oxidation sites excluding steroid dienone is 1. The summed E-state index contributed by atoms with van der Waals surface area (Å²) in [5, 5.41) is 23.2. The van der Waals surface area contributed by atoms with Crippen molar-refractivity contribution in [3.63, 3.8) is 0 Å². The number of carbonyl (C=O) groups is 2. The summed E-state index contributed by atoms with van der Waals surface area (Å²) in [7, 11) is -4.15. The molecule has 4 aliphatic carbocycles. The summed E-state index contributed by atoms with van der Waals surface area (Å²) >= 11 is 0. The molecule has 0 aliphatic heterocycles. The minimum absolute atomic E-state index is 0.0181. The third-order valence-corrected chi connectivity index (χ3v) is 11.4. The summed E-state index contributed by atoms with van der Waals surface area (Å²) < 4.78 is 30.4. The molecule has 2 N–H and O–H groups in total. The fourth-order valence-corrected chi connectivity index (χ4v) is 9.04. The van der Waals surface area contributed by atoms with Gasteiger partial charge >= 0.3 is 0 Å². The molecular formula is C28H36O7S. The minimum atomic E-state index is -4.15. The van der Waals surface area contributed by atoms with Crippen LogP contribution in [-0.4, -0.2) is 48.5 Å². The van der Waals surface area contributed by atoms with E-state index >= 15 is 0 Å². The highest BCUT2D eigenvalue weighted by atomic mass is 32.2. The van der Waals surface area contributed by atoms with E-state index in [9.17, 15) is 28.2 Å². The van der Waals surface area contributed by atoms with E-state index in [-0.39, 0.29) is 46.7 Å². The van der Waals surface area contributed by atoms with E-state index in [2.05, 4.69) is 6.92 Å². The predicted molar refractivity (Wildman–Crippen MR) is 132 cm³/mol. The van der Waals surface area contributed by atoms with Crippen molar-refractivity contribution < 1.29 is 32.4 Å². The molecule has 0 saturated heterocycles. The van der Waals surface area contributed by atoms with Crippen molar-refractivity contribution in [1.82, 2.24) is 0 Å². The summed E-state index contributed by atoms with van der Waals surface area (Å²) in [6.45, 7) is 5.12. The highest BCUT2D eigenvalue weighted by molar-refractivity contribution is 7.86. The Morgan fingerprint density at radius 2 is 1.81 bits per heavy atom. The molecule has 5 unspecified atom stereocenters. The Kier molecular flexibility index (Phi) is 6.14. The number of ketones is 2. The maximum absolute atomic E-state index is 13.4. The van der Waals surface area contributed by atoms with Gasteiger partial charge in [-0.1, -0.05) is 37.1 Å². The van der Waals surface area contributed by atoms with Crippen LogP contribution in [0.2, 0.25) is 0 Å². The molecule has 8 heteroatoms. The third kappa shape index (κ3) is 3.75. The van der Waals surface area contributed by atoms with Gasteiger partial charge in [0.15, 0.2) is 11.6 Å². The zero-order valence-corrected chi connectivity index (χ0v) is 22.0. The summed E-state index contributed by atoms with van der Waals surface area (Å²) in [5.41, 5.74) is -0.887. The van der Waals surface area contributed by atoms with E-state index in [4.69, 9.17) is 4.18 Å². The lowest BCUT2D eigenvalue weighted by Gasteiger charge is -2.60. The SMILES string of the molecule is Cc1ccc(S(=O)(=O)OCC(=O)[C@@]2(O)CCC3C4CCC5=CC(=O)CCC5(C)C4[C@@H](O)CC32C)cc1. The number of aliphatic hydroxyl groups is 2. The third-order valence-electron chi connectivity index (χ3n) is 10.2. The summed E-state index contributed by atoms with van der Waals surface area (Å²) in [6.07, 6.45) is 4.93. The van der Waals surface area contributed by atoms with Gasteiger partial charge in [-0.05, 0) is 86.8 Å². The molecule has 36 heavy (non-hydrogen) atoms. The van der Waals surface area contributed by atoms with Crippen LogP contribution in [0, 0.1) is 35.5 Å². The number of rotatable bonds is 5. The Morgan fingerprint density at radius 1 is 1.11 bits per heavy atom. The number of benzene rings is 1. The number of fused-ring (bicyclic) bond motifs is 5. The monoisotopic (exact) mass is 516 g/mol. The molecular weight excluding hydrogens is 480 g/mol. The van der Waals surface area contributed by atoms with Gasteiger partial charge in [0.05, 0.1) is 11.0 Å². The van der Waals surface area contributed by atoms with Crippen LogP contribution in [0.15, 0.2) is 40.8 Å². The minimum Gasteiger partial charge on any atom is -0.393 e. The van der Waals surface area contributed by atoms with Crippen LogP contribution in [0.1, 0.15) is 64.4 Å². The average molecular weight is 517 g/mol. The van der Waals surface area contributed by atoms with Crippen LogP contribution in [0.25, 0.3) is 0 Å². The van der Waals surface area contributed by atoms with Gasteiger partial charge < -0.3 is 10.2 Å². The number of aryl methyl sites for hydroxylation is 1. The fourth-order valence-electron chi connectivity index (χ4n) is 8.17. The smallest absolute Gasteiger partial charge is 0.297 e. The van der Waals surface area contributed by atoms with Crippen LogP contribution in [0.3, 0.4) is 0 Å². The van der Waals surface area contributed by atoms with Crippen LogP contribution in [-0.2, 0) is 23.9 Å². The van der Waals surface area contributed by atoms with E-state index in [0.717, 1.165) is 24.0 Å². The topological polar surface area (TPSA) is 118 Å². The lowest BCUT2D eigenvalue weighted by molar-refractivity contribution is -0.181. The zero-order chi connectivity index (χ0) is 26.1. The number of Topliss-reactive ketones (excluding diaryl/α,β-unsaturated/α-hetero) is 1. The number of hydrogen-bond acceptors (Lipinski definition) is 7. The number of aliphatic hydroxyl groups excluding tert-OH is 1. The first-order valence-electron chi connectivity index (χ1n) is 13.0. The van der Waals surface area contributed by atoms with Gasteiger partial charge in [0.25, 0.3) is 10.1 Å². The van der Waals surface area contributed by atoms with Crippen molar-refractivity contribution in [2.45, 2.75) is 82.3 Å². The normalized spacial score (nSPS) is 40.1. The molecule has 0 amide bonds. The van der Waals surface area contributed by atoms with E-state index in [0.29, 0.717) is 19.3 Å². The van der Waals surface area contributed by atoms with Crippen molar-refractivity contribution in [2.75, 3.05) is 6.61 Å². The Bertz CT molecular complexity index is 1220. The highest BCUT2D eigenvalue weighted by Gasteiger charge is 2.68. The van der Waals surface area contributed by atoms with Crippen molar-refractivity contribution in [2.24, 2.45) is 28.6 Å². The van der Waals surface area contributed by atoms with Crippen LogP contribution in [0.4, 0.5) is 0 Å². The molecule has 0 heterocycles. The van der Waals surface area contributed by atoms with E-state index in [1.54, 1.807) is 18.2 Å². The predicted octanol–water partition coefficient (Wildman–Crippen LogP) is 3.50. The van der Waals surface area contributed by atoms with Crippen LogP contribution >= 0.6 is 0 Å². The summed E-state index contributed by atoms with van der Waals surface area (Å²) in [4.78, 5) is 25.4. The standard InChI is InChI=1S/C28H36O7S/c1-17-4-7-20(8-5-17)36(33,34)35-16-24(31)28(32)13-11-22-21-9-6-18-14-19(29)10-12-26(18,2)25(21)23(30)15-27(22,28)3/h4-5,7-8,14,21-23,25,30,32H,6,9-13,15-16H2,1-3H3/t21?,22?,23-,25?,26?,27?,28-/m0/s1.